The Morgan fingerprint density at radius 1 is 1.33 bits per heavy atom. The van der Waals surface area contributed by atoms with E-state index in [1.807, 2.05) is 12.1 Å². The summed E-state index contributed by atoms with van der Waals surface area (Å²) in [6, 6.07) is 8.21. The second-order valence-corrected chi connectivity index (χ2v) is 6.09. The minimum Gasteiger partial charge on any atom is -0.383 e. The van der Waals surface area contributed by atoms with Crippen LogP contribution in [0.2, 0.25) is 5.02 Å². The molecule has 1 N–H and O–H groups in total. The molecule has 0 unspecified atom stereocenters. The second kappa shape index (κ2) is 8.39. The summed E-state index contributed by atoms with van der Waals surface area (Å²) in [4.78, 5) is 2.21. The zero-order chi connectivity index (χ0) is 15.1. The van der Waals surface area contributed by atoms with Gasteiger partial charge in [0, 0.05) is 33.8 Å². The number of rotatable bonds is 8. The Morgan fingerprint density at radius 3 is 2.90 bits per heavy atom. The highest BCUT2D eigenvalue weighted by Crippen LogP contribution is 2.30. The molecular formula is C16H21ClN2OS. The molecule has 0 spiro atoms. The van der Waals surface area contributed by atoms with Gasteiger partial charge in [0.1, 0.15) is 0 Å². The number of ether oxygens (including phenoxy) is 1. The quantitative estimate of drug-likeness (QED) is 0.748. The molecule has 0 bridgehead atoms. The lowest BCUT2D eigenvalue weighted by molar-refractivity contribution is 0.199. The Kier molecular flexibility index (Phi) is 6.51. The fourth-order valence-electron chi connectivity index (χ4n) is 2.26. The zero-order valence-corrected chi connectivity index (χ0v) is 14.0. The molecule has 0 aliphatic carbocycles. The van der Waals surface area contributed by atoms with Crippen molar-refractivity contribution in [1.29, 1.82) is 0 Å². The van der Waals surface area contributed by atoms with E-state index < -0.39 is 0 Å². The summed E-state index contributed by atoms with van der Waals surface area (Å²) in [5.74, 6) is 0. The van der Waals surface area contributed by atoms with Gasteiger partial charge in [-0.3, -0.25) is 0 Å². The average molecular weight is 325 g/mol. The van der Waals surface area contributed by atoms with Crippen molar-refractivity contribution in [3.05, 3.63) is 51.2 Å². The zero-order valence-electron chi connectivity index (χ0n) is 12.4. The molecule has 21 heavy (non-hydrogen) atoms. The van der Waals surface area contributed by atoms with Gasteiger partial charge in [-0.2, -0.15) is 11.3 Å². The monoisotopic (exact) mass is 324 g/mol. The Hall–Kier alpha value is -1.07. The Morgan fingerprint density at radius 2 is 2.19 bits per heavy atom. The Labute approximate surface area is 135 Å². The van der Waals surface area contributed by atoms with Crippen molar-refractivity contribution in [2.45, 2.75) is 13.1 Å². The van der Waals surface area contributed by atoms with E-state index in [1.54, 1.807) is 18.4 Å². The number of halogens is 1. The molecule has 0 atom stereocenters. The molecule has 1 aromatic carbocycles. The number of hydrogen-bond donors (Lipinski definition) is 1. The Bertz CT molecular complexity index is 545. The minimum absolute atomic E-state index is 0.709. The van der Waals surface area contributed by atoms with E-state index >= 15 is 0 Å². The SMILES string of the molecule is COCCNCc1cccc(Cl)c1N(C)Cc1ccsc1. The largest absolute Gasteiger partial charge is 0.383 e. The molecule has 3 nitrogen and oxygen atoms in total. The molecule has 0 amide bonds. The van der Waals surface area contributed by atoms with Crippen molar-refractivity contribution in [3.8, 4) is 0 Å². The number of benzene rings is 1. The van der Waals surface area contributed by atoms with Gasteiger partial charge < -0.3 is 15.0 Å². The molecule has 5 heteroatoms. The van der Waals surface area contributed by atoms with Crippen LogP contribution in [-0.4, -0.2) is 27.3 Å². The highest BCUT2D eigenvalue weighted by Gasteiger charge is 2.12. The van der Waals surface area contributed by atoms with Gasteiger partial charge in [-0.25, -0.2) is 0 Å². The standard InChI is InChI=1S/C16H21ClN2OS/c1-19(11-13-6-9-21-12-13)16-14(4-3-5-15(16)17)10-18-7-8-20-2/h3-6,9,12,18H,7-8,10-11H2,1-2H3. The number of nitrogens with zero attached hydrogens (tertiary/aromatic N) is 1. The molecular weight excluding hydrogens is 304 g/mol. The van der Waals surface area contributed by atoms with Crippen molar-refractivity contribution in [2.24, 2.45) is 0 Å². The van der Waals surface area contributed by atoms with Gasteiger partial charge in [-0.1, -0.05) is 23.7 Å². The number of anilines is 1. The lowest BCUT2D eigenvalue weighted by Crippen LogP contribution is -2.22. The lowest BCUT2D eigenvalue weighted by atomic mass is 10.1. The highest BCUT2D eigenvalue weighted by molar-refractivity contribution is 7.07. The van der Waals surface area contributed by atoms with Crippen LogP contribution in [0.4, 0.5) is 5.69 Å². The molecule has 0 aliphatic heterocycles. The molecule has 0 saturated carbocycles. The van der Waals surface area contributed by atoms with Crippen LogP contribution in [0.5, 0.6) is 0 Å². The maximum Gasteiger partial charge on any atom is 0.0642 e. The summed E-state index contributed by atoms with van der Waals surface area (Å²) in [6.45, 7) is 3.18. The molecule has 2 aromatic rings. The second-order valence-electron chi connectivity index (χ2n) is 4.90. The number of para-hydroxylation sites is 1. The van der Waals surface area contributed by atoms with Crippen LogP contribution in [-0.2, 0) is 17.8 Å². The predicted octanol–water partition coefficient (Wildman–Crippen LogP) is 3.77. The summed E-state index contributed by atoms with van der Waals surface area (Å²) in [6.07, 6.45) is 0. The molecule has 114 valence electrons. The minimum atomic E-state index is 0.709. The third-order valence-electron chi connectivity index (χ3n) is 3.25. The number of thiophene rings is 1. The summed E-state index contributed by atoms with van der Waals surface area (Å²) in [5, 5.41) is 8.44. The summed E-state index contributed by atoms with van der Waals surface area (Å²) >= 11 is 8.13. The molecule has 1 aromatic heterocycles. The summed E-state index contributed by atoms with van der Waals surface area (Å²) in [7, 11) is 3.79. The molecule has 1 heterocycles. The molecule has 2 rings (SSSR count). The topological polar surface area (TPSA) is 24.5 Å². The lowest BCUT2D eigenvalue weighted by Gasteiger charge is -2.23. The smallest absolute Gasteiger partial charge is 0.0642 e. The normalized spacial score (nSPS) is 10.8. The first-order chi connectivity index (χ1) is 10.2. The number of nitrogens with one attached hydrogen (secondary N) is 1. The first-order valence-corrected chi connectivity index (χ1v) is 8.23. The van der Waals surface area contributed by atoms with E-state index in [9.17, 15) is 0 Å². The van der Waals surface area contributed by atoms with Gasteiger partial charge in [0.05, 0.1) is 17.3 Å². The summed E-state index contributed by atoms with van der Waals surface area (Å²) in [5.41, 5.74) is 3.60. The first-order valence-electron chi connectivity index (χ1n) is 6.91. The molecule has 0 fully saturated rings. The van der Waals surface area contributed by atoms with Crippen LogP contribution in [0.3, 0.4) is 0 Å². The van der Waals surface area contributed by atoms with E-state index in [2.05, 4.69) is 40.2 Å². The van der Waals surface area contributed by atoms with Crippen LogP contribution >= 0.6 is 22.9 Å². The van der Waals surface area contributed by atoms with Crippen molar-refractivity contribution < 1.29 is 4.74 Å². The Balaban J connectivity index is 2.09. The van der Waals surface area contributed by atoms with E-state index in [-0.39, 0.29) is 0 Å². The fraction of sp³-hybridized carbons (Fsp3) is 0.375. The van der Waals surface area contributed by atoms with Gasteiger partial charge in [0.25, 0.3) is 0 Å². The van der Waals surface area contributed by atoms with E-state index in [4.69, 9.17) is 16.3 Å². The molecule has 0 radical (unpaired) electrons. The van der Waals surface area contributed by atoms with E-state index in [1.165, 1.54) is 11.1 Å². The van der Waals surface area contributed by atoms with Crippen LogP contribution < -0.4 is 10.2 Å². The van der Waals surface area contributed by atoms with Crippen molar-refractivity contribution in [2.75, 3.05) is 32.2 Å². The maximum absolute atomic E-state index is 6.41. The third-order valence-corrected chi connectivity index (χ3v) is 4.29. The third kappa shape index (κ3) is 4.71. The maximum atomic E-state index is 6.41. The van der Waals surface area contributed by atoms with Gasteiger partial charge >= 0.3 is 0 Å². The van der Waals surface area contributed by atoms with Crippen molar-refractivity contribution >= 4 is 28.6 Å². The average Bonchev–Trinajstić information content (AvgIpc) is 2.96. The van der Waals surface area contributed by atoms with Crippen LogP contribution in [0.15, 0.2) is 35.0 Å². The van der Waals surface area contributed by atoms with Gasteiger partial charge in [0.2, 0.25) is 0 Å². The highest BCUT2D eigenvalue weighted by atomic mass is 35.5. The molecule has 0 aliphatic rings. The predicted molar refractivity (Wildman–Crippen MR) is 91.5 cm³/mol. The van der Waals surface area contributed by atoms with Gasteiger partial charge in [0.15, 0.2) is 0 Å². The van der Waals surface area contributed by atoms with Crippen molar-refractivity contribution in [3.63, 3.8) is 0 Å². The van der Waals surface area contributed by atoms with E-state index in [0.29, 0.717) is 6.61 Å². The fourth-order valence-corrected chi connectivity index (χ4v) is 3.26. The van der Waals surface area contributed by atoms with Gasteiger partial charge in [-0.15, -0.1) is 0 Å². The number of methoxy groups -OCH3 is 1. The van der Waals surface area contributed by atoms with E-state index in [0.717, 1.165) is 30.3 Å². The van der Waals surface area contributed by atoms with Crippen molar-refractivity contribution in [1.82, 2.24) is 5.32 Å². The summed E-state index contributed by atoms with van der Waals surface area (Å²) < 4.78 is 5.05. The van der Waals surface area contributed by atoms with Crippen LogP contribution in [0.25, 0.3) is 0 Å². The first kappa shape index (κ1) is 16.3. The molecule has 0 saturated heterocycles. The van der Waals surface area contributed by atoms with Gasteiger partial charge in [-0.05, 0) is 34.0 Å². The van der Waals surface area contributed by atoms with Crippen LogP contribution in [0.1, 0.15) is 11.1 Å². The van der Waals surface area contributed by atoms with Crippen LogP contribution in [0, 0.1) is 0 Å². The number of hydrogen-bond acceptors (Lipinski definition) is 4.